The lowest BCUT2D eigenvalue weighted by Crippen LogP contribution is -2.28. The second-order valence-electron chi connectivity index (χ2n) is 19.2. The van der Waals surface area contributed by atoms with Gasteiger partial charge in [0, 0.05) is 42.3 Å². The van der Waals surface area contributed by atoms with Crippen LogP contribution in [-0.2, 0) is 10.8 Å². The molecule has 1 spiro atoms. The van der Waals surface area contributed by atoms with E-state index in [0.29, 0.717) is 0 Å². The summed E-state index contributed by atoms with van der Waals surface area (Å²) in [6.45, 7) is 4.88. The molecular weight excluding hydrogens is 793 g/mol. The van der Waals surface area contributed by atoms with E-state index in [-0.39, 0.29) is 16.9 Å². The normalized spacial score (nSPS) is 18.8. The first-order valence-corrected chi connectivity index (χ1v) is 24.2. The Morgan fingerprint density at radius 2 is 1.31 bits per heavy atom. The molecule has 0 saturated heterocycles. The first-order chi connectivity index (χ1) is 31.4. The number of fused-ring (bicyclic) bond motifs is 11. The number of rotatable bonds is 5. The molecule has 1 N–H and O–H groups in total. The summed E-state index contributed by atoms with van der Waals surface area (Å²) in [6, 6.07) is 55.2. The zero-order valence-electron chi connectivity index (χ0n) is 36.5. The van der Waals surface area contributed by atoms with Gasteiger partial charge in [-0.3, -0.25) is 4.99 Å². The molecular formula is C61H50N2S. The highest BCUT2D eigenvalue weighted by Gasteiger charge is 2.46. The van der Waals surface area contributed by atoms with Crippen LogP contribution in [0.15, 0.2) is 180 Å². The number of thiophene rings is 1. The van der Waals surface area contributed by atoms with Crippen LogP contribution >= 0.6 is 11.3 Å². The van der Waals surface area contributed by atoms with Gasteiger partial charge in [-0.1, -0.05) is 173 Å². The Kier molecular flexibility index (Phi) is 8.59. The van der Waals surface area contributed by atoms with Crippen molar-refractivity contribution in [2.45, 2.75) is 75.7 Å². The molecule has 1 unspecified atom stereocenters. The second kappa shape index (κ2) is 14.5. The summed E-state index contributed by atoms with van der Waals surface area (Å²) in [6.07, 6.45) is 17.7. The van der Waals surface area contributed by atoms with Gasteiger partial charge in [0.05, 0.1) is 6.04 Å². The van der Waals surface area contributed by atoms with E-state index in [0.717, 1.165) is 29.9 Å². The van der Waals surface area contributed by atoms with Crippen LogP contribution < -0.4 is 5.32 Å². The number of nitrogens with zero attached hydrogens (tertiary/aromatic N) is 1. The maximum Gasteiger partial charge on any atom is 0.133 e. The minimum Gasteiger partial charge on any atom is -0.340 e. The maximum atomic E-state index is 5.46. The van der Waals surface area contributed by atoms with Gasteiger partial charge in [-0.15, -0.1) is 11.3 Å². The third kappa shape index (κ3) is 5.73. The van der Waals surface area contributed by atoms with E-state index < -0.39 is 0 Å². The average Bonchev–Trinajstić information content (AvgIpc) is 3.94. The molecule has 64 heavy (non-hydrogen) atoms. The van der Waals surface area contributed by atoms with Crippen LogP contribution in [0.2, 0.25) is 0 Å². The van der Waals surface area contributed by atoms with E-state index in [4.69, 9.17) is 4.99 Å². The van der Waals surface area contributed by atoms with E-state index in [9.17, 15) is 0 Å². The fraction of sp³-hybridized carbons (Fsp3) is 0.197. The summed E-state index contributed by atoms with van der Waals surface area (Å²) in [4.78, 5) is 5.46. The molecule has 1 atom stereocenters. The van der Waals surface area contributed by atoms with Crippen molar-refractivity contribution < 1.29 is 0 Å². The van der Waals surface area contributed by atoms with Crippen molar-refractivity contribution in [2.75, 3.05) is 0 Å². The van der Waals surface area contributed by atoms with E-state index in [1.165, 1.54) is 119 Å². The number of amidine groups is 1. The molecule has 13 rings (SSSR count). The van der Waals surface area contributed by atoms with Crippen LogP contribution in [0.5, 0.6) is 0 Å². The molecule has 0 radical (unpaired) electrons. The van der Waals surface area contributed by atoms with Crippen molar-refractivity contribution in [3.63, 3.8) is 0 Å². The third-order valence-corrected chi connectivity index (χ3v) is 16.6. The number of hydrogen-bond acceptors (Lipinski definition) is 3. The standard InChI is InChI=1S/C61H50N2S/c1-60(2)51-25-15-21-43(57(51)49-36-53-47(35-52(49)60)44-20-10-11-24-50(44)61(53)32-12-5-13-33-61)42-30-31-56-48(34-42)45-22-14-23-46(58(45)64-56)55-37-54(62-59(63-55)41-18-8-4-9-19-41)40-28-26-39(27-29-40)38-16-6-3-7-17-38/h3,6-8,10-11,14-31,34-37,55H,4-5,9,12-13,32-33H2,1-2H3,(H,62,63). The molecule has 2 nitrogen and oxygen atoms in total. The van der Waals surface area contributed by atoms with Gasteiger partial charge in [-0.05, 0) is 134 Å². The van der Waals surface area contributed by atoms with Crippen LogP contribution in [0, 0.1) is 0 Å². The van der Waals surface area contributed by atoms with Gasteiger partial charge < -0.3 is 5.32 Å². The lowest BCUT2D eigenvalue weighted by atomic mass is 9.67. The highest BCUT2D eigenvalue weighted by molar-refractivity contribution is 7.26. The van der Waals surface area contributed by atoms with Gasteiger partial charge in [0.25, 0.3) is 0 Å². The van der Waals surface area contributed by atoms with Crippen molar-refractivity contribution >= 4 is 43.0 Å². The van der Waals surface area contributed by atoms with E-state index in [1.54, 1.807) is 11.1 Å². The van der Waals surface area contributed by atoms with Crippen molar-refractivity contribution in [3.05, 3.63) is 209 Å². The highest BCUT2D eigenvalue weighted by atomic mass is 32.1. The zero-order chi connectivity index (χ0) is 42.6. The Balaban J connectivity index is 0.923. The Labute approximate surface area is 380 Å². The van der Waals surface area contributed by atoms with E-state index in [1.807, 2.05) is 11.3 Å². The number of benzene rings is 7. The monoisotopic (exact) mass is 842 g/mol. The van der Waals surface area contributed by atoms with Crippen molar-refractivity contribution in [1.29, 1.82) is 0 Å². The maximum absolute atomic E-state index is 5.46. The smallest absolute Gasteiger partial charge is 0.133 e. The van der Waals surface area contributed by atoms with Crippen molar-refractivity contribution in [2.24, 2.45) is 4.99 Å². The van der Waals surface area contributed by atoms with E-state index >= 15 is 0 Å². The van der Waals surface area contributed by atoms with Gasteiger partial charge in [0.1, 0.15) is 5.84 Å². The van der Waals surface area contributed by atoms with Gasteiger partial charge in [-0.25, -0.2) is 0 Å². The quantitative estimate of drug-likeness (QED) is 0.183. The predicted molar refractivity (Wildman–Crippen MR) is 271 cm³/mol. The molecule has 1 aliphatic heterocycles. The molecule has 4 aliphatic carbocycles. The van der Waals surface area contributed by atoms with Gasteiger partial charge in [0.15, 0.2) is 0 Å². The molecule has 7 aromatic carbocycles. The van der Waals surface area contributed by atoms with Crippen LogP contribution in [0.4, 0.5) is 0 Å². The first kappa shape index (κ1) is 38.0. The van der Waals surface area contributed by atoms with Gasteiger partial charge >= 0.3 is 0 Å². The summed E-state index contributed by atoms with van der Waals surface area (Å²) >= 11 is 1.91. The fourth-order valence-electron chi connectivity index (χ4n) is 12.2. The van der Waals surface area contributed by atoms with Crippen molar-refractivity contribution in [3.8, 4) is 44.5 Å². The second-order valence-corrected chi connectivity index (χ2v) is 20.3. The van der Waals surface area contributed by atoms with Gasteiger partial charge in [-0.2, -0.15) is 0 Å². The Hall–Kier alpha value is -6.55. The lowest BCUT2D eigenvalue weighted by molar-refractivity contribution is 0.353. The summed E-state index contributed by atoms with van der Waals surface area (Å²) in [5, 5.41) is 6.38. The predicted octanol–water partition coefficient (Wildman–Crippen LogP) is 16.3. The Morgan fingerprint density at radius 3 is 2.16 bits per heavy atom. The molecule has 310 valence electrons. The largest absolute Gasteiger partial charge is 0.340 e. The summed E-state index contributed by atoms with van der Waals surface area (Å²) in [7, 11) is 0. The number of aliphatic imine (C=N–C) groups is 1. The number of allylic oxidation sites excluding steroid dienone is 2. The lowest BCUT2D eigenvalue weighted by Gasteiger charge is -2.36. The molecule has 5 aliphatic rings. The molecule has 0 amide bonds. The number of hydrogen-bond donors (Lipinski definition) is 1. The van der Waals surface area contributed by atoms with E-state index in [2.05, 4.69) is 189 Å². The molecule has 1 fully saturated rings. The minimum absolute atomic E-state index is 0.102. The molecule has 8 aromatic rings. The SMILES string of the molecule is CC1(C)c2cc3c(cc2-c2c(-c4ccc5sc6c(C7C=C(c8ccc(-c9ccccc9)cc8)NC(C8=CCCC=C8)=N7)cccc6c5c4)cccc21)C1(CCCCC1)c1ccccc1-3. The topological polar surface area (TPSA) is 24.4 Å². The number of nitrogens with one attached hydrogen (secondary N) is 1. The van der Waals surface area contributed by atoms with Crippen molar-refractivity contribution in [1.82, 2.24) is 5.32 Å². The molecule has 1 saturated carbocycles. The fourth-order valence-corrected chi connectivity index (χ4v) is 13.4. The summed E-state index contributed by atoms with van der Waals surface area (Å²) in [5.74, 6) is 0.941. The van der Waals surface area contributed by atoms with Crippen LogP contribution in [-0.4, -0.2) is 5.84 Å². The highest BCUT2D eigenvalue weighted by Crippen LogP contribution is 2.61. The van der Waals surface area contributed by atoms with Crippen LogP contribution in [0.3, 0.4) is 0 Å². The Bertz CT molecular complexity index is 3350. The summed E-state index contributed by atoms with van der Waals surface area (Å²) < 4.78 is 2.62. The first-order valence-electron chi connectivity index (χ1n) is 23.4. The molecule has 2 heterocycles. The van der Waals surface area contributed by atoms with Crippen LogP contribution in [0.1, 0.15) is 98.2 Å². The zero-order valence-corrected chi connectivity index (χ0v) is 37.4. The van der Waals surface area contributed by atoms with Crippen LogP contribution in [0.25, 0.3) is 70.4 Å². The Morgan fingerprint density at radius 1 is 0.578 bits per heavy atom. The minimum atomic E-state index is -0.135. The molecule has 3 heteroatoms. The van der Waals surface area contributed by atoms with Gasteiger partial charge in [0.2, 0.25) is 0 Å². The molecule has 0 bridgehead atoms. The third-order valence-electron chi connectivity index (χ3n) is 15.4. The summed E-state index contributed by atoms with van der Waals surface area (Å²) in [5.41, 5.74) is 21.6. The average molecular weight is 843 g/mol. The molecule has 1 aromatic heterocycles.